The van der Waals surface area contributed by atoms with E-state index in [1.54, 1.807) is 6.20 Å². The van der Waals surface area contributed by atoms with Gasteiger partial charge in [0.15, 0.2) is 0 Å². The van der Waals surface area contributed by atoms with Crippen LogP contribution < -0.4 is 5.73 Å². The largest absolute Gasteiger partial charge is 0.323 e. The van der Waals surface area contributed by atoms with E-state index in [9.17, 15) is 0 Å². The summed E-state index contributed by atoms with van der Waals surface area (Å²) in [5, 5.41) is 8.00. The molecule has 0 aliphatic heterocycles. The fraction of sp³-hybridized carbons (Fsp3) is 0.833. The number of unbranched alkanes of at least 4 members (excludes halogenated alkanes) is 3. The van der Waals surface area contributed by atoms with Crippen molar-refractivity contribution < 1.29 is 0 Å². The molecule has 0 radical (unpaired) electrons. The van der Waals surface area contributed by atoms with Crippen LogP contribution in [0.15, 0.2) is 6.20 Å². The highest BCUT2D eigenvalue weighted by atomic mass is 15.4. The lowest BCUT2D eigenvalue weighted by atomic mass is 10.1. The zero-order chi connectivity index (χ0) is 11.8. The molecular formula is C12H24N4. The van der Waals surface area contributed by atoms with Gasteiger partial charge in [-0.3, -0.25) is 0 Å². The molecule has 1 rings (SSSR count). The van der Waals surface area contributed by atoms with Crippen molar-refractivity contribution in [3.8, 4) is 0 Å². The number of hydrogen-bond acceptors (Lipinski definition) is 3. The van der Waals surface area contributed by atoms with E-state index < -0.39 is 0 Å². The zero-order valence-electron chi connectivity index (χ0n) is 10.5. The Hall–Kier alpha value is -0.900. The topological polar surface area (TPSA) is 56.7 Å². The molecule has 4 heteroatoms. The predicted octanol–water partition coefficient (Wildman–Crippen LogP) is 2.66. The summed E-state index contributed by atoms with van der Waals surface area (Å²) in [5.41, 5.74) is 7.23. The predicted molar refractivity (Wildman–Crippen MR) is 66.0 cm³/mol. The number of nitrogens with two attached hydrogens (primary N) is 1. The van der Waals surface area contributed by atoms with Gasteiger partial charge in [0.05, 0.1) is 11.9 Å². The maximum absolute atomic E-state index is 6.15. The second-order valence-corrected chi connectivity index (χ2v) is 4.34. The van der Waals surface area contributed by atoms with E-state index in [4.69, 9.17) is 5.73 Å². The number of nitrogens with zero attached hydrogens (tertiary/aromatic N) is 3. The highest BCUT2D eigenvalue weighted by Crippen LogP contribution is 2.16. The van der Waals surface area contributed by atoms with Crippen LogP contribution in [0.2, 0.25) is 0 Å². The molecule has 0 amide bonds. The van der Waals surface area contributed by atoms with Crippen molar-refractivity contribution in [2.45, 2.75) is 65.0 Å². The second kappa shape index (κ2) is 7.39. The lowest BCUT2D eigenvalue weighted by Crippen LogP contribution is -2.16. The first kappa shape index (κ1) is 13.2. The first-order valence-electron chi connectivity index (χ1n) is 6.43. The van der Waals surface area contributed by atoms with Crippen molar-refractivity contribution in [2.75, 3.05) is 0 Å². The number of rotatable bonds is 8. The standard InChI is InChI=1S/C12H24N4/c1-3-5-6-7-8-11(13)12-10-14-15-16(12)9-4-2/h10-11H,3-9,13H2,1-2H3. The molecule has 0 aliphatic carbocycles. The third-order valence-corrected chi connectivity index (χ3v) is 2.83. The quantitative estimate of drug-likeness (QED) is 0.691. The van der Waals surface area contributed by atoms with Gasteiger partial charge in [-0.25, -0.2) is 4.68 Å². The Morgan fingerprint density at radius 1 is 1.25 bits per heavy atom. The molecule has 0 bridgehead atoms. The van der Waals surface area contributed by atoms with Crippen molar-refractivity contribution in [2.24, 2.45) is 5.73 Å². The van der Waals surface area contributed by atoms with E-state index in [2.05, 4.69) is 24.2 Å². The van der Waals surface area contributed by atoms with Crippen molar-refractivity contribution in [3.05, 3.63) is 11.9 Å². The molecule has 1 unspecified atom stereocenters. The normalized spacial score (nSPS) is 12.9. The Labute approximate surface area is 98.2 Å². The van der Waals surface area contributed by atoms with E-state index >= 15 is 0 Å². The van der Waals surface area contributed by atoms with Gasteiger partial charge >= 0.3 is 0 Å². The lowest BCUT2D eigenvalue weighted by Gasteiger charge is -2.12. The Kier molecular flexibility index (Phi) is 6.08. The Morgan fingerprint density at radius 3 is 2.75 bits per heavy atom. The van der Waals surface area contributed by atoms with Gasteiger partial charge in [0, 0.05) is 12.6 Å². The van der Waals surface area contributed by atoms with Crippen molar-refractivity contribution in [3.63, 3.8) is 0 Å². The smallest absolute Gasteiger partial charge is 0.0754 e. The molecule has 1 heterocycles. The van der Waals surface area contributed by atoms with E-state index in [-0.39, 0.29) is 6.04 Å². The summed E-state index contributed by atoms with van der Waals surface area (Å²) in [5.74, 6) is 0. The van der Waals surface area contributed by atoms with Gasteiger partial charge in [0.2, 0.25) is 0 Å². The molecule has 1 atom stereocenters. The Balaban J connectivity index is 2.39. The van der Waals surface area contributed by atoms with Crippen LogP contribution in [0, 0.1) is 0 Å². The molecule has 0 fully saturated rings. The van der Waals surface area contributed by atoms with Gasteiger partial charge in [0.1, 0.15) is 0 Å². The molecule has 0 saturated heterocycles. The van der Waals surface area contributed by atoms with Crippen LogP contribution in [0.1, 0.15) is 64.1 Å². The number of hydrogen-bond donors (Lipinski definition) is 1. The molecule has 0 aliphatic rings. The van der Waals surface area contributed by atoms with Gasteiger partial charge in [0.25, 0.3) is 0 Å². The fourth-order valence-electron chi connectivity index (χ4n) is 1.88. The zero-order valence-corrected chi connectivity index (χ0v) is 10.5. The minimum atomic E-state index is 0.0957. The van der Waals surface area contributed by atoms with Gasteiger partial charge in [-0.2, -0.15) is 0 Å². The van der Waals surface area contributed by atoms with Gasteiger partial charge in [-0.1, -0.05) is 44.7 Å². The van der Waals surface area contributed by atoms with Crippen LogP contribution in [0.25, 0.3) is 0 Å². The average molecular weight is 224 g/mol. The van der Waals surface area contributed by atoms with Gasteiger partial charge < -0.3 is 5.73 Å². The third-order valence-electron chi connectivity index (χ3n) is 2.83. The molecule has 4 nitrogen and oxygen atoms in total. The molecule has 0 spiro atoms. The molecule has 16 heavy (non-hydrogen) atoms. The molecule has 1 aromatic rings. The van der Waals surface area contributed by atoms with E-state index in [0.29, 0.717) is 0 Å². The summed E-state index contributed by atoms with van der Waals surface area (Å²) in [6.07, 6.45) is 8.96. The summed E-state index contributed by atoms with van der Waals surface area (Å²) in [7, 11) is 0. The molecule has 0 aromatic carbocycles. The van der Waals surface area contributed by atoms with E-state index in [1.165, 1.54) is 25.7 Å². The second-order valence-electron chi connectivity index (χ2n) is 4.34. The van der Waals surface area contributed by atoms with Crippen LogP contribution in [0.3, 0.4) is 0 Å². The highest BCUT2D eigenvalue weighted by Gasteiger charge is 2.11. The fourth-order valence-corrected chi connectivity index (χ4v) is 1.88. The summed E-state index contributed by atoms with van der Waals surface area (Å²) < 4.78 is 1.94. The molecule has 1 aromatic heterocycles. The summed E-state index contributed by atoms with van der Waals surface area (Å²) in [4.78, 5) is 0. The SMILES string of the molecule is CCCCCCC(N)c1cnnn1CCC. The lowest BCUT2D eigenvalue weighted by molar-refractivity contribution is 0.496. The monoisotopic (exact) mass is 224 g/mol. The van der Waals surface area contributed by atoms with E-state index in [1.807, 2.05) is 4.68 Å². The summed E-state index contributed by atoms with van der Waals surface area (Å²) in [6, 6.07) is 0.0957. The number of aryl methyl sites for hydroxylation is 1. The summed E-state index contributed by atoms with van der Waals surface area (Å²) in [6.45, 7) is 5.27. The molecule has 92 valence electrons. The molecule has 2 N–H and O–H groups in total. The van der Waals surface area contributed by atoms with Crippen molar-refractivity contribution in [1.29, 1.82) is 0 Å². The minimum absolute atomic E-state index is 0.0957. The van der Waals surface area contributed by atoms with E-state index in [0.717, 1.165) is 25.1 Å². The van der Waals surface area contributed by atoms with Crippen LogP contribution in [-0.2, 0) is 6.54 Å². The Morgan fingerprint density at radius 2 is 2.06 bits per heavy atom. The van der Waals surface area contributed by atoms with Crippen LogP contribution in [-0.4, -0.2) is 15.0 Å². The maximum atomic E-state index is 6.15. The molecular weight excluding hydrogens is 200 g/mol. The maximum Gasteiger partial charge on any atom is 0.0754 e. The summed E-state index contributed by atoms with van der Waals surface area (Å²) >= 11 is 0. The first-order chi connectivity index (χ1) is 7.79. The van der Waals surface area contributed by atoms with Gasteiger partial charge in [-0.05, 0) is 12.8 Å². The number of aromatic nitrogens is 3. The third kappa shape index (κ3) is 3.93. The Bertz CT molecular complexity index is 282. The first-order valence-corrected chi connectivity index (χ1v) is 6.43. The van der Waals surface area contributed by atoms with Crippen molar-refractivity contribution in [1.82, 2.24) is 15.0 Å². The average Bonchev–Trinajstić information content (AvgIpc) is 2.73. The minimum Gasteiger partial charge on any atom is -0.323 e. The van der Waals surface area contributed by atoms with Crippen LogP contribution in [0.5, 0.6) is 0 Å². The van der Waals surface area contributed by atoms with Crippen molar-refractivity contribution >= 4 is 0 Å². The van der Waals surface area contributed by atoms with Crippen LogP contribution in [0.4, 0.5) is 0 Å². The molecule has 0 saturated carbocycles. The highest BCUT2D eigenvalue weighted by molar-refractivity contribution is 5.00. The van der Waals surface area contributed by atoms with Crippen LogP contribution >= 0.6 is 0 Å². The van der Waals surface area contributed by atoms with Gasteiger partial charge in [-0.15, -0.1) is 5.10 Å².